The Labute approximate surface area is 143 Å². The summed E-state index contributed by atoms with van der Waals surface area (Å²) in [5.41, 5.74) is 1.25. The Morgan fingerprint density at radius 2 is 1.88 bits per heavy atom. The van der Waals surface area contributed by atoms with Crippen LogP contribution >= 0.6 is 0 Å². The normalized spacial score (nSPS) is 9.68. The monoisotopic (exact) mass is 341 g/mol. The van der Waals surface area contributed by atoms with Crippen LogP contribution in [-0.2, 0) is 0 Å². The second-order valence-electron chi connectivity index (χ2n) is 5.16. The third kappa shape index (κ3) is 4.68. The van der Waals surface area contributed by atoms with Crippen molar-refractivity contribution >= 4 is 17.7 Å². The summed E-state index contributed by atoms with van der Waals surface area (Å²) in [4.78, 5) is 34.8. The summed E-state index contributed by atoms with van der Waals surface area (Å²) >= 11 is 0. The molecule has 0 bridgehead atoms. The quantitative estimate of drug-likeness (QED) is 0.517. The molecule has 1 heterocycles. The van der Waals surface area contributed by atoms with E-state index >= 15 is 0 Å². The number of furan rings is 1. The molecule has 2 amide bonds. The molecule has 128 valence electrons. The number of rotatable bonds is 4. The van der Waals surface area contributed by atoms with Crippen molar-refractivity contribution in [2.45, 2.75) is 0 Å². The van der Waals surface area contributed by atoms with Crippen LogP contribution < -0.4 is 5.32 Å². The molecule has 2 aromatic rings. The second kappa shape index (κ2) is 7.79. The molecule has 0 atom stereocenters. The molecule has 0 fully saturated rings. The molecule has 0 aliphatic carbocycles. The van der Waals surface area contributed by atoms with Crippen molar-refractivity contribution in [3.05, 3.63) is 63.4 Å². The fraction of sp³-hybridized carbons (Fsp3) is 0.176. The fourth-order valence-electron chi connectivity index (χ4n) is 1.86. The maximum atomic E-state index is 11.8. The number of benzene rings is 1. The van der Waals surface area contributed by atoms with E-state index < -0.39 is 16.7 Å². The summed E-state index contributed by atoms with van der Waals surface area (Å²) in [5.74, 6) is 4.26. The van der Waals surface area contributed by atoms with Crippen molar-refractivity contribution in [1.82, 2.24) is 10.2 Å². The molecule has 0 aliphatic rings. The number of nitrogens with one attached hydrogen (secondary N) is 1. The maximum Gasteiger partial charge on any atom is 0.433 e. The van der Waals surface area contributed by atoms with E-state index in [-0.39, 0.29) is 18.2 Å². The summed E-state index contributed by atoms with van der Waals surface area (Å²) in [7, 11) is 3.35. The van der Waals surface area contributed by atoms with E-state index in [4.69, 9.17) is 4.42 Å². The van der Waals surface area contributed by atoms with Gasteiger partial charge in [-0.3, -0.25) is 19.7 Å². The SMILES string of the molecule is CN(C)C(=O)c1ccc(C#CCNC(=O)c2ccc([N+](=O)[O-])o2)cc1. The molecule has 8 heteroatoms. The minimum atomic E-state index is -0.721. The average molecular weight is 341 g/mol. The zero-order valence-electron chi connectivity index (χ0n) is 13.6. The van der Waals surface area contributed by atoms with Gasteiger partial charge in [-0.2, -0.15) is 0 Å². The van der Waals surface area contributed by atoms with Crippen LogP contribution in [0.4, 0.5) is 5.88 Å². The molecular weight excluding hydrogens is 326 g/mol. The van der Waals surface area contributed by atoms with Crippen LogP contribution in [0, 0.1) is 22.0 Å². The molecule has 1 N–H and O–H groups in total. The lowest BCUT2D eigenvalue weighted by Crippen LogP contribution is -2.23. The highest BCUT2D eigenvalue weighted by Crippen LogP contribution is 2.15. The molecule has 0 saturated carbocycles. The Morgan fingerprint density at radius 1 is 1.20 bits per heavy atom. The Kier molecular flexibility index (Phi) is 5.53. The lowest BCUT2D eigenvalue weighted by molar-refractivity contribution is -0.402. The van der Waals surface area contributed by atoms with Gasteiger partial charge in [-0.15, -0.1) is 0 Å². The molecule has 2 rings (SSSR count). The third-order valence-corrected chi connectivity index (χ3v) is 3.10. The van der Waals surface area contributed by atoms with Gasteiger partial charge in [0.05, 0.1) is 12.6 Å². The van der Waals surface area contributed by atoms with Crippen molar-refractivity contribution in [1.29, 1.82) is 0 Å². The molecule has 0 spiro atoms. The van der Waals surface area contributed by atoms with Crippen molar-refractivity contribution in [3.8, 4) is 11.8 Å². The Morgan fingerprint density at radius 3 is 2.44 bits per heavy atom. The topological polar surface area (TPSA) is 106 Å². The van der Waals surface area contributed by atoms with Gasteiger partial charge >= 0.3 is 5.88 Å². The summed E-state index contributed by atoms with van der Waals surface area (Å²) in [5, 5.41) is 13.0. The van der Waals surface area contributed by atoms with E-state index in [2.05, 4.69) is 17.2 Å². The Bertz CT molecular complexity index is 856. The summed E-state index contributed by atoms with van der Waals surface area (Å²) in [6.45, 7) is 0.0473. The van der Waals surface area contributed by atoms with E-state index in [0.717, 1.165) is 6.07 Å². The maximum absolute atomic E-state index is 11.8. The van der Waals surface area contributed by atoms with Gasteiger partial charge < -0.3 is 14.6 Å². The Balaban J connectivity index is 1.90. The van der Waals surface area contributed by atoms with Crippen molar-refractivity contribution in [3.63, 3.8) is 0 Å². The first-order chi connectivity index (χ1) is 11.9. The Hall–Kier alpha value is -3.60. The first-order valence-corrected chi connectivity index (χ1v) is 7.21. The molecular formula is C17H15N3O5. The molecule has 1 aromatic carbocycles. The summed E-state index contributed by atoms with van der Waals surface area (Å²) in [6, 6.07) is 9.10. The fourth-order valence-corrected chi connectivity index (χ4v) is 1.86. The van der Waals surface area contributed by atoms with Crippen LogP contribution in [0.25, 0.3) is 0 Å². The van der Waals surface area contributed by atoms with Gasteiger partial charge in [0.15, 0.2) is 5.76 Å². The minimum Gasteiger partial charge on any atom is -0.395 e. The lowest BCUT2D eigenvalue weighted by Gasteiger charge is -2.09. The molecule has 25 heavy (non-hydrogen) atoms. The molecule has 8 nitrogen and oxygen atoms in total. The van der Waals surface area contributed by atoms with E-state index in [1.807, 2.05) is 0 Å². The molecule has 0 radical (unpaired) electrons. The van der Waals surface area contributed by atoms with Crippen LogP contribution in [0.1, 0.15) is 26.5 Å². The number of carbonyl (C=O) groups excluding carboxylic acids is 2. The van der Waals surface area contributed by atoms with Crippen LogP contribution in [-0.4, -0.2) is 42.3 Å². The van der Waals surface area contributed by atoms with Gasteiger partial charge in [-0.05, 0) is 30.3 Å². The zero-order valence-corrected chi connectivity index (χ0v) is 13.6. The number of hydrogen-bond donors (Lipinski definition) is 1. The first kappa shape index (κ1) is 17.7. The third-order valence-electron chi connectivity index (χ3n) is 3.10. The highest BCUT2D eigenvalue weighted by Gasteiger charge is 2.16. The average Bonchev–Trinajstić information content (AvgIpc) is 3.09. The van der Waals surface area contributed by atoms with Crippen molar-refractivity contribution in [2.75, 3.05) is 20.6 Å². The summed E-state index contributed by atoms with van der Waals surface area (Å²) in [6.07, 6.45) is 0. The highest BCUT2D eigenvalue weighted by atomic mass is 16.6. The van der Waals surface area contributed by atoms with Gasteiger partial charge in [-0.1, -0.05) is 11.8 Å². The van der Waals surface area contributed by atoms with Crippen molar-refractivity contribution < 1.29 is 18.9 Å². The number of hydrogen-bond acceptors (Lipinski definition) is 5. The number of carbonyl (C=O) groups is 2. The standard InChI is InChI=1S/C17H15N3O5/c1-19(2)17(22)13-7-5-12(6-8-13)4-3-11-18-16(21)14-9-10-15(25-14)20(23)24/h5-10H,11H2,1-2H3,(H,18,21). The number of amides is 2. The molecule has 0 unspecified atom stereocenters. The van der Waals surface area contributed by atoms with Gasteiger partial charge in [0.25, 0.3) is 11.8 Å². The smallest absolute Gasteiger partial charge is 0.395 e. The van der Waals surface area contributed by atoms with E-state index in [1.54, 1.807) is 38.4 Å². The van der Waals surface area contributed by atoms with Crippen LogP contribution in [0.2, 0.25) is 0 Å². The van der Waals surface area contributed by atoms with Gasteiger partial charge in [0.2, 0.25) is 0 Å². The van der Waals surface area contributed by atoms with Crippen molar-refractivity contribution in [2.24, 2.45) is 0 Å². The van der Waals surface area contributed by atoms with E-state index in [0.29, 0.717) is 11.1 Å². The van der Waals surface area contributed by atoms with Crippen LogP contribution in [0.15, 0.2) is 40.8 Å². The predicted molar refractivity (Wildman–Crippen MR) is 89.0 cm³/mol. The second-order valence-corrected chi connectivity index (χ2v) is 5.16. The molecule has 0 aliphatic heterocycles. The van der Waals surface area contributed by atoms with Crippen LogP contribution in [0.5, 0.6) is 0 Å². The largest absolute Gasteiger partial charge is 0.433 e. The zero-order chi connectivity index (χ0) is 18.4. The van der Waals surface area contributed by atoms with Gasteiger partial charge in [0.1, 0.15) is 4.92 Å². The van der Waals surface area contributed by atoms with E-state index in [9.17, 15) is 19.7 Å². The summed E-state index contributed by atoms with van der Waals surface area (Å²) < 4.78 is 4.78. The number of nitrogens with zero attached hydrogens (tertiary/aromatic N) is 2. The minimum absolute atomic E-state index is 0.0473. The number of nitro groups is 1. The van der Waals surface area contributed by atoms with E-state index in [1.165, 1.54) is 11.0 Å². The lowest BCUT2D eigenvalue weighted by atomic mass is 10.1. The molecule has 1 aromatic heterocycles. The predicted octanol–water partition coefficient (Wildman–Crippen LogP) is 1.67. The first-order valence-electron chi connectivity index (χ1n) is 7.21. The molecule has 0 saturated heterocycles. The van der Waals surface area contributed by atoms with Gasteiger partial charge in [0, 0.05) is 25.2 Å². The van der Waals surface area contributed by atoms with Gasteiger partial charge in [-0.25, -0.2) is 0 Å². The highest BCUT2D eigenvalue weighted by molar-refractivity contribution is 5.94. The van der Waals surface area contributed by atoms with Crippen LogP contribution in [0.3, 0.4) is 0 Å².